The molecular formula is C15H17NO2. The third-order valence-electron chi connectivity index (χ3n) is 2.73. The van der Waals surface area contributed by atoms with E-state index in [9.17, 15) is 10.1 Å². The fourth-order valence-electron chi connectivity index (χ4n) is 1.88. The monoisotopic (exact) mass is 243 g/mol. The molecule has 0 bridgehead atoms. The second-order valence-corrected chi connectivity index (χ2v) is 3.90. The minimum atomic E-state index is -0.787. The van der Waals surface area contributed by atoms with Gasteiger partial charge in [0.15, 0.2) is 5.92 Å². The van der Waals surface area contributed by atoms with Crippen molar-refractivity contribution in [3.63, 3.8) is 0 Å². The molecule has 0 N–H and O–H groups in total. The van der Waals surface area contributed by atoms with Crippen LogP contribution in [-0.2, 0) is 9.53 Å². The molecule has 1 aromatic carbocycles. The molecular weight excluding hydrogens is 226 g/mol. The van der Waals surface area contributed by atoms with E-state index in [0.29, 0.717) is 6.42 Å². The quantitative estimate of drug-likeness (QED) is 0.570. The summed E-state index contributed by atoms with van der Waals surface area (Å²) in [5.74, 6) is -1.45. The van der Waals surface area contributed by atoms with Crippen molar-refractivity contribution in [1.29, 1.82) is 5.26 Å². The Hall–Kier alpha value is -2.08. The van der Waals surface area contributed by atoms with Gasteiger partial charge in [0.1, 0.15) is 0 Å². The number of hydrogen-bond donors (Lipinski definition) is 0. The van der Waals surface area contributed by atoms with Crippen LogP contribution in [0.1, 0.15) is 24.8 Å². The average Bonchev–Trinajstić information content (AvgIpc) is 2.40. The number of nitriles is 1. The van der Waals surface area contributed by atoms with Crippen LogP contribution in [0.25, 0.3) is 0 Å². The molecule has 0 saturated carbocycles. The average molecular weight is 243 g/mol. The molecule has 0 radical (unpaired) electrons. The molecule has 0 aromatic heterocycles. The summed E-state index contributed by atoms with van der Waals surface area (Å²) in [6.07, 6.45) is 2.29. The van der Waals surface area contributed by atoms with Crippen LogP contribution in [0.4, 0.5) is 0 Å². The van der Waals surface area contributed by atoms with Gasteiger partial charge in [-0.2, -0.15) is 5.26 Å². The highest BCUT2D eigenvalue weighted by Crippen LogP contribution is 2.29. The van der Waals surface area contributed by atoms with Crippen molar-refractivity contribution in [2.45, 2.75) is 19.3 Å². The highest BCUT2D eigenvalue weighted by molar-refractivity contribution is 5.76. The Balaban J connectivity index is 3.00. The summed E-state index contributed by atoms with van der Waals surface area (Å²) in [6.45, 7) is 5.70. The highest BCUT2D eigenvalue weighted by Gasteiger charge is 2.29. The molecule has 94 valence electrons. The molecule has 0 aliphatic rings. The smallest absolute Gasteiger partial charge is 0.323 e. The summed E-state index contributed by atoms with van der Waals surface area (Å²) < 4.78 is 4.95. The van der Waals surface area contributed by atoms with Crippen molar-refractivity contribution in [1.82, 2.24) is 0 Å². The van der Waals surface area contributed by atoms with Gasteiger partial charge in [-0.05, 0) is 18.9 Å². The predicted octanol–water partition coefficient (Wildman–Crippen LogP) is 3.05. The second-order valence-electron chi connectivity index (χ2n) is 3.90. The molecule has 0 heterocycles. The first-order valence-corrected chi connectivity index (χ1v) is 5.96. The van der Waals surface area contributed by atoms with Gasteiger partial charge >= 0.3 is 5.97 Å². The number of rotatable bonds is 6. The van der Waals surface area contributed by atoms with E-state index in [2.05, 4.69) is 6.58 Å². The molecule has 0 fully saturated rings. The molecule has 0 aliphatic carbocycles. The summed E-state index contributed by atoms with van der Waals surface area (Å²) in [4.78, 5) is 11.8. The van der Waals surface area contributed by atoms with Crippen LogP contribution in [0.3, 0.4) is 0 Å². The maximum absolute atomic E-state index is 11.8. The van der Waals surface area contributed by atoms with Crippen molar-refractivity contribution < 1.29 is 9.53 Å². The molecule has 0 saturated heterocycles. The Bertz CT molecular complexity index is 434. The number of benzene rings is 1. The Morgan fingerprint density at radius 2 is 2.17 bits per heavy atom. The third kappa shape index (κ3) is 3.46. The number of hydrogen-bond acceptors (Lipinski definition) is 3. The molecule has 18 heavy (non-hydrogen) atoms. The number of carbonyl (C=O) groups is 1. The van der Waals surface area contributed by atoms with Gasteiger partial charge in [0.25, 0.3) is 0 Å². The molecule has 2 atom stereocenters. The lowest BCUT2D eigenvalue weighted by atomic mass is 9.84. The van der Waals surface area contributed by atoms with Gasteiger partial charge in [-0.15, -0.1) is 6.58 Å². The zero-order valence-corrected chi connectivity index (χ0v) is 10.5. The van der Waals surface area contributed by atoms with Crippen LogP contribution in [-0.4, -0.2) is 12.6 Å². The number of nitrogens with zero attached hydrogens (tertiary/aromatic N) is 1. The Labute approximate surface area is 108 Å². The van der Waals surface area contributed by atoms with E-state index >= 15 is 0 Å². The topological polar surface area (TPSA) is 50.1 Å². The molecule has 2 unspecified atom stereocenters. The maximum atomic E-state index is 11.8. The van der Waals surface area contributed by atoms with Crippen LogP contribution in [0, 0.1) is 17.2 Å². The normalized spacial score (nSPS) is 13.1. The zero-order chi connectivity index (χ0) is 13.4. The summed E-state index contributed by atoms with van der Waals surface area (Å²) in [6, 6.07) is 11.6. The standard InChI is InChI=1S/C15H17NO2/c1-3-8-13(12-9-6-5-7-10-12)14(11-16)15(17)18-4-2/h3,5-7,9-10,13-14H,1,4,8H2,2H3. The fraction of sp³-hybridized carbons (Fsp3) is 0.333. The van der Waals surface area contributed by atoms with Gasteiger partial charge in [0.05, 0.1) is 12.7 Å². The van der Waals surface area contributed by atoms with Crippen molar-refractivity contribution >= 4 is 5.97 Å². The largest absolute Gasteiger partial charge is 0.465 e. The summed E-state index contributed by atoms with van der Waals surface area (Å²) >= 11 is 0. The van der Waals surface area contributed by atoms with Gasteiger partial charge in [-0.25, -0.2) is 0 Å². The number of esters is 1. The van der Waals surface area contributed by atoms with Crippen LogP contribution >= 0.6 is 0 Å². The molecule has 0 amide bonds. The van der Waals surface area contributed by atoms with Gasteiger partial charge in [0, 0.05) is 5.92 Å². The Morgan fingerprint density at radius 3 is 2.67 bits per heavy atom. The summed E-state index contributed by atoms with van der Waals surface area (Å²) in [5.41, 5.74) is 0.956. The molecule has 1 aromatic rings. The van der Waals surface area contributed by atoms with Crippen LogP contribution < -0.4 is 0 Å². The Kier molecular flexibility index (Phi) is 5.66. The fourth-order valence-corrected chi connectivity index (χ4v) is 1.88. The van der Waals surface area contributed by atoms with E-state index in [-0.39, 0.29) is 12.5 Å². The first-order valence-electron chi connectivity index (χ1n) is 5.96. The minimum absolute atomic E-state index is 0.201. The van der Waals surface area contributed by atoms with Gasteiger partial charge in [-0.3, -0.25) is 4.79 Å². The van der Waals surface area contributed by atoms with E-state index in [1.165, 1.54) is 0 Å². The van der Waals surface area contributed by atoms with E-state index in [4.69, 9.17) is 4.74 Å². The lowest BCUT2D eigenvalue weighted by Crippen LogP contribution is -2.23. The van der Waals surface area contributed by atoms with Crippen molar-refractivity contribution in [2.24, 2.45) is 5.92 Å². The van der Waals surface area contributed by atoms with Gasteiger partial charge in [0.2, 0.25) is 0 Å². The molecule has 1 rings (SSSR count). The van der Waals surface area contributed by atoms with Crippen LogP contribution in [0.2, 0.25) is 0 Å². The number of carbonyl (C=O) groups excluding carboxylic acids is 1. The molecule has 3 heteroatoms. The predicted molar refractivity (Wildman–Crippen MR) is 69.7 cm³/mol. The van der Waals surface area contributed by atoms with Crippen LogP contribution in [0.5, 0.6) is 0 Å². The second kappa shape index (κ2) is 7.29. The van der Waals surface area contributed by atoms with E-state index in [1.54, 1.807) is 13.0 Å². The lowest BCUT2D eigenvalue weighted by Gasteiger charge is -2.19. The highest BCUT2D eigenvalue weighted by atomic mass is 16.5. The van der Waals surface area contributed by atoms with Crippen LogP contribution in [0.15, 0.2) is 43.0 Å². The SMILES string of the molecule is C=CCC(c1ccccc1)C(C#N)C(=O)OCC. The third-order valence-corrected chi connectivity index (χ3v) is 2.73. The lowest BCUT2D eigenvalue weighted by molar-refractivity contribution is -0.146. The molecule has 3 nitrogen and oxygen atoms in total. The first-order chi connectivity index (χ1) is 8.74. The number of allylic oxidation sites excluding steroid dienone is 1. The minimum Gasteiger partial charge on any atom is -0.465 e. The maximum Gasteiger partial charge on any atom is 0.323 e. The number of ether oxygens (including phenoxy) is 1. The first kappa shape index (κ1) is 14.0. The van der Waals surface area contributed by atoms with E-state index < -0.39 is 11.9 Å². The van der Waals surface area contributed by atoms with Crippen molar-refractivity contribution in [3.05, 3.63) is 48.6 Å². The Morgan fingerprint density at radius 1 is 1.50 bits per heavy atom. The van der Waals surface area contributed by atoms with Crippen molar-refractivity contribution in [3.8, 4) is 6.07 Å². The summed E-state index contributed by atoms with van der Waals surface area (Å²) in [7, 11) is 0. The van der Waals surface area contributed by atoms with E-state index in [1.807, 2.05) is 36.4 Å². The van der Waals surface area contributed by atoms with Gasteiger partial charge in [-0.1, -0.05) is 36.4 Å². The summed E-state index contributed by atoms with van der Waals surface area (Å²) in [5, 5.41) is 9.20. The van der Waals surface area contributed by atoms with Crippen molar-refractivity contribution in [2.75, 3.05) is 6.61 Å². The molecule has 0 spiro atoms. The molecule has 0 aliphatic heterocycles. The van der Waals surface area contributed by atoms with E-state index in [0.717, 1.165) is 5.56 Å². The zero-order valence-electron chi connectivity index (χ0n) is 10.5. The van der Waals surface area contributed by atoms with Gasteiger partial charge < -0.3 is 4.74 Å².